The number of carbonyl (C=O) groups is 2. The van der Waals surface area contributed by atoms with Gasteiger partial charge in [-0.25, -0.2) is 9.97 Å². The molecule has 0 unspecified atom stereocenters. The number of hydrogen-bond donors (Lipinski definition) is 0. The zero-order valence-corrected chi connectivity index (χ0v) is 16.6. The van der Waals surface area contributed by atoms with Gasteiger partial charge in [-0.15, -0.1) is 0 Å². The molecule has 1 aliphatic heterocycles. The van der Waals surface area contributed by atoms with Crippen LogP contribution in [-0.4, -0.2) is 58.8 Å². The van der Waals surface area contributed by atoms with Gasteiger partial charge in [0.15, 0.2) is 0 Å². The number of carbonyl (C=O) groups excluding carboxylic acids is 2. The monoisotopic (exact) mass is 384 g/mol. The third-order valence-corrected chi connectivity index (χ3v) is 5.52. The van der Waals surface area contributed by atoms with Crippen molar-refractivity contribution in [3.63, 3.8) is 0 Å². The van der Waals surface area contributed by atoms with Gasteiger partial charge < -0.3 is 4.90 Å². The molecule has 2 amide bonds. The predicted octanol–water partition coefficient (Wildman–Crippen LogP) is 3.40. The summed E-state index contributed by atoms with van der Waals surface area (Å²) in [6.45, 7) is 2.96. The fraction of sp³-hybridized carbons (Fsp3) is 0.217. The lowest BCUT2D eigenvalue weighted by molar-refractivity contribution is 0.0601. The molecule has 6 nitrogen and oxygen atoms in total. The van der Waals surface area contributed by atoms with Crippen molar-refractivity contribution in [3.05, 3.63) is 59.2 Å². The van der Waals surface area contributed by atoms with Crippen molar-refractivity contribution >= 4 is 44.7 Å². The molecule has 0 atom stereocenters. The molecule has 6 heteroatoms. The molecular formula is C23H20N4O2. The molecule has 0 spiro atoms. The zero-order valence-electron chi connectivity index (χ0n) is 16.6. The average Bonchev–Trinajstić information content (AvgIpc) is 2.70. The number of nitrogens with zero attached hydrogens (tertiary/aromatic N) is 4. The fourth-order valence-corrected chi connectivity index (χ4v) is 4.01. The van der Waals surface area contributed by atoms with Gasteiger partial charge in [-0.3, -0.25) is 14.5 Å². The van der Waals surface area contributed by atoms with Crippen molar-refractivity contribution in [3.8, 4) is 0 Å². The Morgan fingerprint density at radius 2 is 1.66 bits per heavy atom. The van der Waals surface area contributed by atoms with Gasteiger partial charge in [0.1, 0.15) is 0 Å². The topological polar surface area (TPSA) is 66.4 Å². The van der Waals surface area contributed by atoms with Crippen LogP contribution in [-0.2, 0) is 0 Å². The molecule has 1 aromatic heterocycles. The molecular weight excluding hydrogens is 364 g/mol. The summed E-state index contributed by atoms with van der Waals surface area (Å²) in [6, 6.07) is 13.2. The first kappa shape index (κ1) is 17.7. The maximum absolute atomic E-state index is 13.2. The van der Waals surface area contributed by atoms with Gasteiger partial charge in [0.25, 0.3) is 11.8 Å². The number of aromatic nitrogens is 2. The first-order valence-corrected chi connectivity index (χ1v) is 9.59. The highest BCUT2D eigenvalue weighted by atomic mass is 16.2. The number of rotatable bonds is 3. The lowest BCUT2D eigenvalue weighted by atomic mass is 9.92. The van der Waals surface area contributed by atoms with E-state index >= 15 is 0 Å². The van der Waals surface area contributed by atoms with Gasteiger partial charge in [-0.1, -0.05) is 24.3 Å². The van der Waals surface area contributed by atoms with Crippen LogP contribution < -0.4 is 0 Å². The van der Waals surface area contributed by atoms with E-state index in [4.69, 9.17) is 9.97 Å². The maximum atomic E-state index is 13.2. The number of likely N-dealkylation sites (N-methyl/N-ethyl adjacent to an activating group) is 1. The highest BCUT2D eigenvalue weighted by Gasteiger charge is 2.33. The Bertz CT molecular complexity index is 1340. The van der Waals surface area contributed by atoms with Crippen LogP contribution in [0.1, 0.15) is 26.3 Å². The molecule has 0 radical (unpaired) electrons. The first-order chi connectivity index (χ1) is 14.0. The second-order valence-electron chi connectivity index (χ2n) is 7.75. The van der Waals surface area contributed by atoms with Gasteiger partial charge in [-0.05, 0) is 44.8 Å². The minimum Gasteiger partial charge on any atom is -0.308 e. The third-order valence-electron chi connectivity index (χ3n) is 5.52. The minimum absolute atomic E-state index is 0.251. The number of fused-ring (bicyclic) bond motifs is 3. The van der Waals surface area contributed by atoms with Crippen LogP contribution in [0.25, 0.3) is 32.8 Å². The lowest BCUT2D eigenvalue weighted by Crippen LogP contribution is -2.43. The highest BCUT2D eigenvalue weighted by molar-refractivity contribution is 6.29. The van der Waals surface area contributed by atoms with E-state index in [9.17, 15) is 9.59 Å². The van der Waals surface area contributed by atoms with E-state index in [2.05, 4.69) is 0 Å². The summed E-state index contributed by atoms with van der Waals surface area (Å²) in [6.07, 6.45) is 0. The van der Waals surface area contributed by atoms with Gasteiger partial charge in [0.2, 0.25) is 0 Å². The molecule has 4 aromatic rings. The molecule has 0 fully saturated rings. The van der Waals surface area contributed by atoms with Gasteiger partial charge in [-0.2, -0.15) is 0 Å². The van der Waals surface area contributed by atoms with E-state index in [1.807, 2.05) is 56.3 Å². The zero-order chi connectivity index (χ0) is 20.3. The maximum Gasteiger partial charge on any atom is 0.261 e. The molecule has 0 saturated heterocycles. The van der Waals surface area contributed by atoms with E-state index in [1.54, 1.807) is 12.1 Å². The first-order valence-electron chi connectivity index (χ1n) is 9.59. The molecule has 0 N–H and O–H groups in total. The largest absolute Gasteiger partial charge is 0.308 e. The predicted molar refractivity (Wildman–Crippen MR) is 113 cm³/mol. The smallest absolute Gasteiger partial charge is 0.261 e. The summed E-state index contributed by atoms with van der Waals surface area (Å²) >= 11 is 0. The summed E-state index contributed by atoms with van der Waals surface area (Å²) in [7, 11) is 3.84. The van der Waals surface area contributed by atoms with Crippen LogP contribution in [0.2, 0.25) is 0 Å². The SMILES string of the molecule is Cc1cccc2nc3cc4c5c(cccc5c3nc12)C(=O)N(CCN(C)C)C4=O. The summed E-state index contributed by atoms with van der Waals surface area (Å²) in [5.74, 6) is -0.521. The minimum atomic E-state index is -0.270. The molecule has 1 aliphatic rings. The number of aryl methyl sites for hydroxylation is 1. The number of imide groups is 1. The standard InChI is InChI=1S/C23H20N4O2/c1-13-6-4-9-17-20(13)25-21-14-7-5-8-15-19(14)16(12-18(21)24-17)23(29)27(22(15)28)11-10-26(2)3/h4-9,12H,10-11H2,1-3H3. The Morgan fingerprint density at radius 1 is 0.897 bits per heavy atom. The normalized spacial score (nSPS) is 14.0. The van der Waals surface area contributed by atoms with Crippen LogP contribution in [0, 0.1) is 6.92 Å². The number of para-hydroxylation sites is 1. The van der Waals surface area contributed by atoms with Gasteiger partial charge >= 0.3 is 0 Å². The Morgan fingerprint density at radius 3 is 2.45 bits per heavy atom. The molecule has 3 aromatic carbocycles. The van der Waals surface area contributed by atoms with E-state index in [-0.39, 0.29) is 11.8 Å². The molecule has 0 bridgehead atoms. The molecule has 5 rings (SSSR count). The third kappa shape index (κ3) is 2.60. The highest BCUT2D eigenvalue weighted by Crippen LogP contribution is 2.35. The molecule has 144 valence electrons. The average molecular weight is 384 g/mol. The fourth-order valence-electron chi connectivity index (χ4n) is 4.01. The molecule has 0 aliphatic carbocycles. The number of benzene rings is 3. The van der Waals surface area contributed by atoms with Crippen molar-refractivity contribution in [1.82, 2.24) is 19.8 Å². The molecule has 29 heavy (non-hydrogen) atoms. The van der Waals surface area contributed by atoms with Gasteiger partial charge in [0.05, 0.1) is 27.6 Å². The van der Waals surface area contributed by atoms with Crippen molar-refractivity contribution < 1.29 is 9.59 Å². The van der Waals surface area contributed by atoms with Crippen molar-refractivity contribution in [2.75, 3.05) is 27.2 Å². The van der Waals surface area contributed by atoms with Crippen LogP contribution in [0.5, 0.6) is 0 Å². The Kier molecular flexibility index (Phi) is 3.86. The second kappa shape index (κ2) is 6.32. The van der Waals surface area contributed by atoms with E-state index in [0.29, 0.717) is 35.1 Å². The Balaban J connectivity index is 1.82. The lowest BCUT2D eigenvalue weighted by Gasteiger charge is -2.28. The van der Waals surface area contributed by atoms with Crippen molar-refractivity contribution in [1.29, 1.82) is 0 Å². The van der Waals surface area contributed by atoms with E-state index < -0.39 is 0 Å². The summed E-state index contributed by atoms with van der Waals surface area (Å²) in [5.41, 5.74) is 5.12. The van der Waals surface area contributed by atoms with Gasteiger partial charge in [0, 0.05) is 29.4 Å². The van der Waals surface area contributed by atoms with Crippen LogP contribution in [0.3, 0.4) is 0 Å². The Hall–Kier alpha value is -3.38. The van der Waals surface area contributed by atoms with Crippen LogP contribution >= 0.6 is 0 Å². The quantitative estimate of drug-likeness (QED) is 0.308. The van der Waals surface area contributed by atoms with Crippen molar-refractivity contribution in [2.45, 2.75) is 6.92 Å². The van der Waals surface area contributed by atoms with E-state index in [1.165, 1.54) is 4.90 Å². The van der Waals surface area contributed by atoms with E-state index in [0.717, 1.165) is 27.5 Å². The van der Waals surface area contributed by atoms with Crippen molar-refractivity contribution in [2.24, 2.45) is 0 Å². The number of amides is 2. The summed E-state index contributed by atoms with van der Waals surface area (Å²) in [4.78, 5) is 39.2. The van der Waals surface area contributed by atoms with Crippen LogP contribution in [0.15, 0.2) is 42.5 Å². The molecule has 2 heterocycles. The molecule has 0 saturated carbocycles. The summed E-state index contributed by atoms with van der Waals surface area (Å²) < 4.78 is 0. The number of hydrogen-bond acceptors (Lipinski definition) is 5. The van der Waals surface area contributed by atoms with Crippen LogP contribution in [0.4, 0.5) is 0 Å². The Labute approximate surface area is 167 Å². The summed E-state index contributed by atoms with van der Waals surface area (Å²) in [5, 5.41) is 1.47. The second-order valence-corrected chi connectivity index (χ2v) is 7.75.